The summed E-state index contributed by atoms with van der Waals surface area (Å²) in [6.07, 6.45) is 3.99. The molecule has 1 N–H and O–H groups in total. The molecule has 1 aliphatic carbocycles. The van der Waals surface area contributed by atoms with E-state index in [1.807, 2.05) is 0 Å². The van der Waals surface area contributed by atoms with Crippen molar-refractivity contribution in [1.82, 2.24) is 10.3 Å². The first-order valence-electron chi connectivity index (χ1n) is 6.31. The molecule has 1 saturated heterocycles. The number of hydrogen-bond donors (Lipinski definition) is 1. The van der Waals surface area contributed by atoms with Crippen molar-refractivity contribution < 1.29 is 0 Å². The minimum absolute atomic E-state index is 0.690. The van der Waals surface area contributed by atoms with E-state index < -0.39 is 0 Å². The summed E-state index contributed by atoms with van der Waals surface area (Å²) in [5.41, 5.74) is 1.20. The van der Waals surface area contributed by atoms with Gasteiger partial charge in [0.2, 0.25) is 0 Å². The van der Waals surface area contributed by atoms with Gasteiger partial charge in [-0.3, -0.25) is 0 Å². The van der Waals surface area contributed by atoms with Crippen molar-refractivity contribution in [2.75, 3.05) is 23.5 Å². The number of thioether (sulfide) groups is 1. The van der Waals surface area contributed by atoms with Gasteiger partial charge in [-0.1, -0.05) is 0 Å². The standard InChI is InChI=1S/C12H19N3S2/c1-15(11-4-5-16-8-11)12-14-10(7-17-12)6-13-9-2-3-9/h7,9,11,13H,2-6,8H2,1H3. The topological polar surface area (TPSA) is 28.2 Å². The molecule has 1 saturated carbocycles. The molecule has 1 aromatic heterocycles. The molecule has 2 aliphatic rings. The predicted molar refractivity (Wildman–Crippen MR) is 76.1 cm³/mol. The van der Waals surface area contributed by atoms with Crippen LogP contribution in [-0.4, -0.2) is 35.6 Å². The Labute approximate surface area is 111 Å². The third kappa shape index (κ3) is 2.95. The quantitative estimate of drug-likeness (QED) is 0.888. The average Bonchev–Trinajstić information content (AvgIpc) is 2.86. The van der Waals surface area contributed by atoms with E-state index in [1.165, 1.54) is 41.6 Å². The second kappa shape index (κ2) is 5.16. The Morgan fingerprint density at radius 3 is 3.06 bits per heavy atom. The van der Waals surface area contributed by atoms with E-state index in [1.54, 1.807) is 11.3 Å². The Hall–Kier alpha value is -0.260. The van der Waals surface area contributed by atoms with Crippen LogP contribution < -0.4 is 10.2 Å². The molecule has 1 atom stereocenters. The number of hydrogen-bond acceptors (Lipinski definition) is 5. The van der Waals surface area contributed by atoms with Gasteiger partial charge in [-0.2, -0.15) is 11.8 Å². The normalized spacial score (nSPS) is 24.2. The van der Waals surface area contributed by atoms with Gasteiger partial charge in [0.1, 0.15) is 0 Å². The third-order valence-electron chi connectivity index (χ3n) is 3.44. The van der Waals surface area contributed by atoms with Gasteiger partial charge in [0.25, 0.3) is 0 Å². The fraction of sp³-hybridized carbons (Fsp3) is 0.750. The summed E-state index contributed by atoms with van der Waals surface area (Å²) in [5, 5.41) is 6.90. The Kier molecular flexibility index (Phi) is 3.59. The molecule has 17 heavy (non-hydrogen) atoms. The van der Waals surface area contributed by atoms with Crippen molar-refractivity contribution in [2.45, 2.75) is 37.9 Å². The van der Waals surface area contributed by atoms with Gasteiger partial charge >= 0.3 is 0 Å². The summed E-state index contributed by atoms with van der Waals surface area (Å²) in [5.74, 6) is 2.56. The molecule has 1 aromatic rings. The summed E-state index contributed by atoms with van der Waals surface area (Å²) in [7, 11) is 2.19. The summed E-state index contributed by atoms with van der Waals surface area (Å²) in [4.78, 5) is 7.09. The number of thiazole rings is 1. The first-order chi connectivity index (χ1) is 8.33. The summed E-state index contributed by atoms with van der Waals surface area (Å²) in [6.45, 7) is 0.939. The van der Waals surface area contributed by atoms with Crippen molar-refractivity contribution in [3.05, 3.63) is 11.1 Å². The van der Waals surface area contributed by atoms with Gasteiger partial charge in [0.05, 0.1) is 5.69 Å². The summed E-state index contributed by atoms with van der Waals surface area (Å²) < 4.78 is 0. The molecule has 94 valence electrons. The molecule has 0 aromatic carbocycles. The van der Waals surface area contributed by atoms with E-state index in [0.717, 1.165) is 12.6 Å². The average molecular weight is 269 g/mol. The van der Waals surface area contributed by atoms with Crippen molar-refractivity contribution in [3.63, 3.8) is 0 Å². The van der Waals surface area contributed by atoms with Gasteiger partial charge in [-0.25, -0.2) is 4.98 Å². The third-order valence-corrected chi connectivity index (χ3v) is 5.57. The van der Waals surface area contributed by atoms with E-state index in [4.69, 9.17) is 4.98 Å². The minimum atomic E-state index is 0.690. The lowest BCUT2D eigenvalue weighted by Crippen LogP contribution is -2.31. The summed E-state index contributed by atoms with van der Waals surface area (Å²) >= 11 is 3.84. The Bertz CT molecular complexity index is 370. The molecular weight excluding hydrogens is 250 g/mol. The van der Waals surface area contributed by atoms with Crippen LogP contribution >= 0.6 is 23.1 Å². The highest BCUT2D eigenvalue weighted by Crippen LogP contribution is 2.28. The molecule has 2 fully saturated rings. The fourth-order valence-electron chi connectivity index (χ4n) is 2.06. The zero-order valence-electron chi connectivity index (χ0n) is 10.2. The molecule has 0 bridgehead atoms. The highest BCUT2D eigenvalue weighted by Gasteiger charge is 2.23. The van der Waals surface area contributed by atoms with Crippen LogP contribution in [0.4, 0.5) is 5.13 Å². The Morgan fingerprint density at radius 2 is 2.35 bits per heavy atom. The lowest BCUT2D eigenvalue weighted by atomic mass is 10.2. The van der Waals surface area contributed by atoms with Crippen molar-refractivity contribution in [1.29, 1.82) is 0 Å². The van der Waals surface area contributed by atoms with Crippen LogP contribution in [0.25, 0.3) is 0 Å². The van der Waals surface area contributed by atoms with Crippen LogP contribution in [-0.2, 0) is 6.54 Å². The molecule has 0 spiro atoms. The number of rotatable bonds is 5. The van der Waals surface area contributed by atoms with Crippen LogP contribution in [0, 0.1) is 0 Å². The molecule has 3 nitrogen and oxygen atoms in total. The van der Waals surface area contributed by atoms with E-state index >= 15 is 0 Å². The first-order valence-corrected chi connectivity index (χ1v) is 8.35. The van der Waals surface area contributed by atoms with Crippen LogP contribution in [0.5, 0.6) is 0 Å². The highest BCUT2D eigenvalue weighted by atomic mass is 32.2. The minimum Gasteiger partial charge on any atom is -0.347 e. The molecule has 0 amide bonds. The second-order valence-electron chi connectivity index (χ2n) is 4.90. The maximum absolute atomic E-state index is 4.73. The molecule has 5 heteroatoms. The van der Waals surface area contributed by atoms with Crippen LogP contribution in [0.1, 0.15) is 25.0 Å². The van der Waals surface area contributed by atoms with Crippen LogP contribution in [0.2, 0.25) is 0 Å². The molecule has 1 aliphatic heterocycles. The summed E-state index contributed by atoms with van der Waals surface area (Å²) in [6, 6.07) is 1.46. The monoisotopic (exact) mass is 269 g/mol. The Morgan fingerprint density at radius 1 is 1.47 bits per heavy atom. The highest BCUT2D eigenvalue weighted by molar-refractivity contribution is 7.99. The molecule has 3 rings (SSSR count). The number of nitrogens with zero attached hydrogens (tertiary/aromatic N) is 2. The second-order valence-corrected chi connectivity index (χ2v) is 6.89. The number of aromatic nitrogens is 1. The maximum Gasteiger partial charge on any atom is 0.185 e. The number of nitrogens with one attached hydrogen (secondary N) is 1. The largest absolute Gasteiger partial charge is 0.347 e. The Balaban J connectivity index is 1.57. The van der Waals surface area contributed by atoms with Gasteiger partial charge < -0.3 is 10.2 Å². The molecule has 0 radical (unpaired) electrons. The fourth-order valence-corrected chi connectivity index (χ4v) is 4.19. The smallest absolute Gasteiger partial charge is 0.185 e. The van der Waals surface area contributed by atoms with E-state index in [-0.39, 0.29) is 0 Å². The van der Waals surface area contributed by atoms with E-state index in [9.17, 15) is 0 Å². The van der Waals surface area contributed by atoms with E-state index in [0.29, 0.717) is 6.04 Å². The predicted octanol–water partition coefficient (Wildman–Crippen LogP) is 2.34. The van der Waals surface area contributed by atoms with Gasteiger partial charge in [0.15, 0.2) is 5.13 Å². The maximum atomic E-state index is 4.73. The van der Waals surface area contributed by atoms with Crippen LogP contribution in [0.15, 0.2) is 5.38 Å². The van der Waals surface area contributed by atoms with Crippen molar-refractivity contribution >= 4 is 28.2 Å². The SMILES string of the molecule is CN(c1nc(CNC2CC2)cs1)C1CCSC1. The lowest BCUT2D eigenvalue weighted by Gasteiger charge is -2.22. The van der Waals surface area contributed by atoms with Crippen LogP contribution in [0.3, 0.4) is 0 Å². The zero-order chi connectivity index (χ0) is 11.7. The zero-order valence-corrected chi connectivity index (χ0v) is 11.8. The van der Waals surface area contributed by atoms with Gasteiger partial charge in [-0.05, 0) is 25.0 Å². The number of anilines is 1. The van der Waals surface area contributed by atoms with Gasteiger partial charge in [0, 0.05) is 36.8 Å². The first kappa shape index (κ1) is 11.8. The van der Waals surface area contributed by atoms with Crippen molar-refractivity contribution in [3.8, 4) is 0 Å². The molecule has 2 heterocycles. The van der Waals surface area contributed by atoms with Crippen molar-refractivity contribution in [2.24, 2.45) is 0 Å². The molecular formula is C12H19N3S2. The lowest BCUT2D eigenvalue weighted by molar-refractivity contribution is 0.670. The molecule has 1 unspecified atom stereocenters. The van der Waals surface area contributed by atoms with E-state index in [2.05, 4.69) is 34.4 Å². The van der Waals surface area contributed by atoms with Gasteiger partial charge in [-0.15, -0.1) is 11.3 Å².